The van der Waals surface area contributed by atoms with Crippen molar-refractivity contribution in [2.24, 2.45) is 5.92 Å². The van der Waals surface area contributed by atoms with Crippen LogP contribution in [0.3, 0.4) is 0 Å². The monoisotopic (exact) mass is 386 g/mol. The lowest BCUT2D eigenvalue weighted by Crippen LogP contribution is -2.52. The maximum Gasteiger partial charge on any atom is 0.325 e. The molecule has 1 unspecified atom stereocenters. The predicted molar refractivity (Wildman–Crippen MR) is 103 cm³/mol. The number of hydrogen-bond donors (Lipinski definition) is 1. The molecular weight excluding hydrogens is 360 g/mol. The first-order chi connectivity index (χ1) is 13.4. The average molecular weight is 386 g/mol. The van der Waals surface area contributed by atoms with Crippen LogP contribution < -0.4 is 15.0 Å². The van der Waals surface area contributed by atoms with E-state index in [1.807, 2.05) is 24.3 Å². The van der Waals surface area contributed by atoms with Gasteiger partial charge in [-0.15, -0.1) is 0 Å². The van der Waals surface area contributed by atoms with Crippen molar-refractivity contribution in [3.63, 3.8) is 0 Å². The zero-order valence-electron chi connectivity index (χ0n) is 16.3. The fourth-order valence-electron chi connectivity index (χ4n) is 4.04. The summed E-state index contributed by atoms with van der Waals surface area (Å²) in [6, 6.07) is 7.39. The largest absolute Gasteiger partial charge is 0.497 e. The van der Waals surface area contributed by atoms with E-state index in [9.17, 15) is 14.4 Å². The number of imide groups is 1. The van der Waals surface area contributed by atoms with E-state index < -0.39 is 11.6 Å². The minimum atomic E-state index is -0.843. The van der Waals surface area contributed by atoms with Gasteiger partial charge in [0.1, 0.15) is 17.8 Å². The summed E-state index contributed by atoms with van der Waals surface area (Å²) in [5, 5.41) is 2.79. The van der Waals surface area contributed by atoms with Crippen LogP contribution in [0.5, 0.6) is 5.75 Å². The molecule has 1 N–H and O–H groups in total. The van der Waals surface area contributed by atoms with Crippen LogP contribution in [-0.2, 0) is 9.59 Å². The molecule has 2 aliphatic heterocycles. The van der Waals surface area contributed by atoms with Crippen LogP contribution in [0, 0.1) is 5.92 Å². The predicted octanol–water partition coefficient (Wildman–Crippen LogP) is 1.06. The Morgan fingerprint density at radius 2 is 1.79 bits per heavy atom. The Hall–Kier alpha value is -2.77. The van der Waals surface area contributed by atoms with E-state index in [1.165, 1.54) is 0 Å². The van der Waals surface area contributed by atoms with E-state index >= 15 is 0 Å². The number of urea groups is 1. The Morgan fingerprint density at radius 1 is 1.14 bits per heavy atom. The summed E-state index contributed by atoms with van der Waals surface area (Å²) in [5.41, 5.74) is 0.243. The number of carbonyl (C=O) groups is 3. The third-order valence-corrected chi connectivity index (χ3v) is 6.06. The van der Waals surface area contributed by atoms with E-state index in [-0.39, 0.29) is 24.3 Å². The standard InChI is InChI=1S/C20H26N4O4/c1-20(14-3-4-14)18(26)24(19(27)21-20)13-17(25)23-11-9-22(10-12-23)15-5-7-16(28-2)8-6-15/h5-8,14H,3-4,9-13H2,1-2H3,(H,21,27). The lowest BCUT2D eigenvalue weighted by atomic mass is 9.96. The Morgan fingerprint density at radius 3 is 2.36 bits per heavy atom. The molecule has 8 nitrogen and oxygen atoms in total. The zero-order valence-corrected chi connectivity index (χ0v) is 16.3. The highest BCUT2D eigenvalue weighted by Crippen LogP contribution is 2.42. The van der Waals surface area contributed by atoms with Gasteiger partial charge in [-0.2, -0.15) is 0 Å². The first kappa shape index (κ1) is 18.6. The van der Waals surface area contributed by atoms with Crippen molar-refractivity contribution in [1.82, 2.24) is 15.1 Å². The van der Waals surface area contributed by atoms with Crippen molar-refractivity contribution < 1.29 is 19.1 Å². The molecule has 2 heterocycles. The maximum atomic E-state index is 12.7. The van der Waals surface area contributed by atoms with Crippen LogP contribution in [0.2, 0.25) is 0 Å². The molecule has 28 heavy (non-hydrogen) atoms. The number of anilines is 1. The average Bonchev–Trinajstić information content (AvgIpc) is 3.54. The molecule has 150 valence electrons. The van der Waals surface area contributed by atoms with Crippen molar-refractivity contribution in [3.8, 4) is 5.75 Å². The van der Waals surface area contributed by atoms with E-state index in [0.29, 0.717) is 26.2 Å². The Labute approximate surface area is 164 Å². The summed E-state index contributed by atoms with van der Waals surface area (Å²) in [4.78, 5) is 42.6. The van der Waals surface area contributed by atoms with Crippen LogP contribution in [0.1, 0.15) is 19.8 Å². The smallest absolute Gasteiger partial charge is 0.325 e. The number of ether oxygens (including phenoxy) is 1. The Balaban J connectivity index is 1.33. The van der Waals surface area contributed by atoms with Gasteiger partial charge in [0.25, 0.3) is 5.91 Å². The summed E-state index contributed by atoms with van der Waals surface area (Å²) in [6.07, 6.45) is 1.88. The molecule has 4 amide bonds. The molecule has 0 aromatic heterocycles. The molecule has 8 heteroatoms. The molecule has 3 aliphatic rings. The number of nitrogens with zero attached hydrogens (tertiary/aromatic N) is 3. The summed E-state index contributed by atoms with van der Waals surface area (Å²) >= 11 is 0. The first-order valence-electron chi connectivity index (χ1n) is 9.73. The minimum absolute atomic E-state index is 0.182. The molecule has 1 saturated carbocycles. The third-order valence-electron chi connectivity index (χ3n) is 6.06. The van der Waals surface area contributed by atoms with Crippen molar-refractivity contribution >= 4 is 23.5 Å². The van der Waals surface area contributed by atoms with Gasteiger partial charge in [-0.05, 0) is 49.9 Å². The highest BCUT2D eigenvalue weighted by atomic mass is 16.5. The summed E-state index contributed by atoms with van der Waals surface area (Å²) < 4.78 is 5.18. The van der Waals surface area contributed by atoms with E-state index in [4.69, 9.17) is 4.74 Å². The molecule has 1 aromatic carbocycles. The number of rotatable bonds is 5. The number of carbonyl (C=O) groups excluding carboxylic acids is 3. The molecule has 0 radical (unpaired) electrons. The van der Waals surface area contributed by atoms with Crippen molar-refractivity contribution in [3.05, 3.63) is 24.3 Å². The summed E-state index contributed by atoms with van der Waals surface area (Å²) in [7, 11) is 1.64. The topological polar surface area (TPSA) is 82.2 Å². The van der Waals surface area contributed by atoms with Gasteiger partial charge in [0.05, 0.1) is 7.11 Å². The van der Waals surface area contributed by atoms with Crippen LogP contribution >= 0.6 is 0 Å². The minimum Gasteiger partial charge on any atom is -0.497 e. The molecule has 1 aliphatic carbocycles. The lowest BCUT2D eigenvalue weighted by molar-refractivity contribution is -0.139. The number of piperazine rings is 1. The highest BCUT2D eigenvalue weighted by Gasteiger charge is 2.56. The van der Waals surface area contributed by atoms with Gasteiger partial charge >= 0.3 is 6.03 Å². The van der Waals surface area contributed by atoms with Crippen LogP contribution in [0.25, 0.3) is 0 Å². The molecular formula is C20H26N4O4. The van der Waals surface area contributed by atoms with Gasteiger partial charge in [-0.1, -0.05) is 0 Å². The van der Waals surface area contributed by atoms with Gasteiger partial charge in [0.2, 0.25) is 5.91 Å². The second kappa shape index (κ2) is 7.00. The van der Waals surface area contributed by atoms with Gasteiger partial charge < -0.3 is 19.9 Å². The van der Waals surface area contributed by atoms with E-state index in [2.05, 4.69) is 10.2 Å². The summed E-state index contributed by atoms with van der Waals surface area (Å²) in [5.74, 6) is 0.546. The molecule has 1 atom stereocenters. The molecule has 0 bridgehead atoms. The zero-order chi connectivity index (χ0) is 19.9. The summed E-state index contributed by atoms with van der Waals surface area (Å²) in [6.45, 7) is 4.12. The second-order valence-corrected chi connectivity index (χ2v) is 7.86. The van der Waals surface area contributed by atoms with Gasteiger partial charge in [0.15, 0.2) is 0 Å². The van der Waals surface area contributed by atoms with E-state index in [0.717, 1.165) is 29.2 Å². The lowest BCUT2D eigenvalue weighted by Gasteiger charge is -2.36. The molecule has 4 rings (SSSR count). The first-order valence-corrected chi connectivity index (χ1v) is 9.73. The van der Waals surface area contributed by atoms with E-state index in [1.54, 1.807) is 18.9 Å². The van der Waals surface area contributed by atoms with Crippen LogP contribution in [0.15, 0.2) is 24.3 Å². The SMILES string of the molecule is COc1ccc(N2CCN(C(=O)CN3C(=O)NC(C)(C4CC4)C3=O)CC2)cc1. The quantitative estimate of drug-likeness (QED) is 0.766. The van der Waals surface area contributed by atoms with Crippen molar-refractivity contribution in [2.45, 2.75) is 25.3 Å². The van der Waals surface area contributed by atoms with Crippen LogP contribution in [-0.4, -0.2) is 73.0 Å². The maximum absolute atomic E-state index is 12.7. The number of nitrogens with one attached hydrogen (secondary N) is 1. The van der Waals surface area contributed by atoms with Crippen molar-refractivity contribution in [1.29, 1.82) is 0 Å². The second-order valence-electron chi connectivity index (χ2n) is 7.86. The fourth-order valence-corrected chi connectivity index (χ4v) is 4.04. The van der Waals surface area contributed by atoms with Gasteiger partial charge in [-0.3, -0.25) is 14.5 Å². The molecule has 0 spiro atoms. The van der Waals surface area contributed by atoms with Crippen molar-refractivity contribution in [2.75, 3.05) is 44.7 Å². The Kier molecular flexibility index (Phi) is 4.64. The molecule has 3 fully saturated rings. The number of benzene rings is 1. The highest BCUT2D eigenvalue weighted by molar-refractivity contribution is 6.09. The molecule has 1 aromatic rings. The van der Waals surface area contributed by atoms with Gasteiger partial charge in [0, 0.05) is 31.9 Å². The number of hydrogen-bond acceptors (Lipinski definition) is 5. The normalized spacial score (nSPS) is 25.1. The number of amides is 4. The Bertz CT molecular complexity index is 784. The third kappa shape index (κ3) is 3.27. The number of methoxy groups -OCH3 is 1. The molecule has 2 saturated heterocycles. The van der Waals surface area contributed by atoms with Crippen LogP contribution in [0.4, 0.5) is 10.5 Å². The fraction of sp³-hybridized carbons (Fsp3) is 0.550. The van der Waals surface area contributed by atoms with Gasteiger partial charge in [-0.25, -0.2) is 4.79 Å².